The summed E-state index contributed by atoms with van der Waals surface area (Å²) in [5.41, 5.74) is 5.58. The third-order valence-electron chi connectivity index (χ3n) is 1.97. The van der Waals surface area contributed by atoms with Gasteiger partial charge in [0, 0.05) is 13.0 Å². The number of carboxylic acid groups (broad SMARTS) is 1. The highest BCUT2D eigenvalue weighted by atomic mass is 32.2. The van der Waals surface area contributed by atoms with Gasteiger partial charge in [0.2, 0.25) is 5.91 Å². The molecule has 2 atom stereocenters. The fraction of sp³-hybridized carbons (Fsp3) is 0.778. The van der Waals surface area contributed by atoms with E-state index in [1.54, 1.807) is 11.8 Å². The van der Waals surface area contributed by atoms with Gasteiger partial charge in [0.1, 0.15) is 0 Å². The normalized spacial score (nSPS) is 14.2. The molecule has 7 heteroatoms. The van der Waals surface area contributed by atoms with E-state index in [1.807, 2.05) is 6.26 Å². The zero-order valence-electron chi connectivity index (χ0n) is 9.18. The predicted octanol–water partition coefficient (Wildman–Crippen LogP) is -0.981. The van der Waals surface area contributed by atoms with Gasteiger partial charge in [-0.25, -0.2) is 4.79 Å². The van der Waals surface area contributed by atoms with Gasteiger partial charge in [-0.3, -0.25) is 4.79 Å². The summed E-state index contributed by atoms with van der Waals surface area (Å²) in [6, 6.07) is -0.575. The van der Waals surface area contributed by atoms with E-state index < -0.39 is 18.1 Å². The van der Waals surface area contributed by atoms with E-state index in [-0.39, 0.29) is 18.9 Å². The van der Waals surface area contributed by atoms with Crippen LogP contribution in [0.3, 0.4) is 0 Å². The number of amides is 1. The van der Waals surface area contributed by atoms with Crippen molar-refractivity contribution < 1.29 is 19.8 Å². The number of aliphatic hydroxyl groups is 1. The quantitative estimate of drug-likeness (QED) is 0.440. The first kappa shape index (κ1) is 15.2. The zero-order valence-corrected chi connectivity index (χ0v) is 10.00. The average molecular weight is 250 g/mol. The van der Waals surface area contributed by atoms with Crippen molar-refractivity contribution in [2.45, 2.75) is 25.0 Å². The van der Waals surface area contributed by atoms with Crippen molar-refractivity contribution in [2.24, 2.45) is 5.73 Å². The van der Waals surface area contributed by atoms with Crippen LogP contribution in [-0.4, -0.2) is 52.8 Å². The van der Waals surface area contributed by atoms with Gasteiger partial charge in [-0.15, -0.1) is 0 Å². The molecule has 0 radical (unpaired) electrons. The number of aliphatic carboxylic acids is 1. The number of thioether (sulfide) groups is 1. The van der Waals surface area contributed by atoms with Gasteiger partial charge in [-0.1, -0.05) is 0 Å². The molecule has 0 aromatic heterocycles. The number of nitrogens with two attached hydrogens (primary N) is 1. The monoisotopic (exact) mass is 250 g/mol. The van der Waals surface area contributed by atoms with E-state index in [2.05, 4.69) is 5.32 Å². The SMILES string of the molecule is CSCC[C@@H](N)C(=O)NCC[C@H](O)C(=O)O. The van der Waals surface area contributed by atoms with Crippen molar-refractivity contribution in [3.63, 3.8) is 0 Å². The largest absolute Gasteiger partial charge is 0.479 e. The van der Waals surface area contributed by atoms with Crippen molar-refractivity contribution in [1.82, 2.24) is 5.32 Å². The molecule has 16 heavy (non-hydrogen) atoms. The number of carboxylic acids is 1. The molecule has 6 nitrogen and oxygen atoms in total. The minimum absolute atomic E-state index is 0.0175. The summed E-state index contributed by atoms with van der Waals surface area (Å²) in [5.74, 6) is -0.806. The third kappa shape index (κ3) is 6.65. The van der Waals surface area contributed by atoms with E-state index in [1.165, 1.54) is 0 Å². The molecule has 0 saturated heterocycles. The summed E-state index contributed by atoms with van der Waals surface area (Å²) in [5, 5.41) is 19.8. The molecule has 1 amide bonds. The van der Waals surface area contributed by atoms with Crippen molar-refractivity contribution >= 4 is 23.6 Å². The molecule has 0 aromatic rings. The summed E-state index contributed by atoms with van der Waals surface area (Å²) in [4.78, 5) is 21.6. The molecule has 0 heterocycles. The highest BCUT2D eigenvalue weighted by Gasteiger charge is 2.15. The molecule has 0 bridgehead atoms. The van der Waals surface area contributed by atoms with Gasteiger partial charge in [0.05, 0.1) is 6.04 Å². The molecule has 5 N–H and O–H groups in total. The number of carbonyl (C=O) groups excluding carboxylic acids is 1. The van der Waals surface area contributed by atoms with Crippen LogP contribution in [0, 0.1) is 0 Å². The van der Waals surface area contributed by atoms with E-state index in [4.69, 9.17) is 15.9 Å². The molecule has 0 aliphatic heterocycles. The molecule has 0 spiro atoms. The van der Waals surface area contributed by atoms with Crippen LogP contribution < -0.4 is 11.1 Å². The number of rotatable bonds is 8. The molecule has 0 aliphatic carbocycles. The minimum atomic E-state index is -1.44. The Kier molecular flexibility index (Phi) is 7.96. The Morgan fingerprint density at radius 3 is 2.56 bits per heavy atom. The Labute approximate surface area is 98.6 Å². The first-order valence-electron chi connectivity index (χ1n) is 4.92. The molecular formula is C9H18N2O4S. The molecule has 94 valence electrons. The standard InChI is InChI=1S/C9H18N2O4S/c1-16-5-3-6(10)8(13)11-4-2-7(12)9(14)15/h6-7,12H,2-5,10H2,1H3,(H,11,13)(H,14,15)/t6-,7+/m1/s1. The van der Waals surface area contributed by atoms with E-state index in [0.717, 1.165) is 5.75 Å². The Balaban J connectivity index is 3.68. The van der Waals surface area contributed by atoms with Crippen LogP contribution in [0.25, 0.3) is 0 Å². The highest BCUT2D eigenvalue weighted by molar-refractivity contribution is 7.98. The van der Waals surface area contributed by atoms with Crippen molar-refractivity contribution in [3.8, 4) is 0 Å². The molecule has 0 unspecified atom stereocenters. The fourth-order valence-electron chi connectivity index (χ4n) is 0.963. The number of nitrogens with one attached hydrogen (secondary N) is 1. The van der Waals surface area contributed by atoms with Crippen LogP contribution in [0.1, 0.15) is 12.8 Å². The number of aliphatic hydroxyl groups excluding tert-OH is 1. The number of hydrogen-bond donors (Lipinski definition) is 4. The maximum Gasteiger partial charge on any atom is 0.332 e. The molecule has 0 aromatic carbocycles. The number of carbonyl (C=O) groups is 2. The second kappa shape index (κ2) is 8.37. The minimum Gasteiger partial charge on any atom is -0.479 e. The predicted molar refractivity (Wildman–Crippen MR) is 62.2 cm³/mol. The maximum absolute atomic E-state index is 11.3. The lowest BCUT2D eigenvalue weighted by Gasteiger charge is -2.12. The van der Waals surface area contributed by atoms with Gasteiger partial charge >= 0.3 is 5.97 Å². The highest BCUT2D eigenvalue weighted by Crippen LogP contribution is 1.98. The number of hydrogen-bond acceptors (Lipinski definition) is 5. The van der Waals surface area contributed by atoms with Gasteiger partial charge in [0.25, 0.3) is 0 Å². The van der Waals surface area contributed by atoms with Crippen LogP contribution in [-0.2, 0) is 9.59 Å². The lowest BCUT2D eigenvalue weighted by Crippen LogP contribution is -2.42. The van der Waals surface area contributed by atoms with Crippen LogP contribution in [0.5, 0.6) is 0 Å². The Bertz CT molecular complexity index is 238. The first-order chi connectivity index (χ1) is 7.49. The first-order valence-corrected chi connectivity index (χ1v) is 6.31. The molecule has 0 saturated carbocycles. The smallest absolute Gasteiger partial charge is 0.332 e. The van der Waals surface area contributed by atoms with Gasteiger partial charge in [-0.2, -0.15) is 11.8 Å². The van der Waals surface area contributed by atoms with Crippen LogP contribution >= 0.6 is 11.8 Å². The van der Waals surface area contributed by atoms with E-state index >= 15 is 0 Å². The van der Waals surface area contributed by atoms with E-state index in [0.29, 0.717) is 6.42 Å². The lowest BCUT2D eigenvalue weighted by molar-refractivity contribution is -0.147. The van der Waals surface area contributed by atoms with Crippen molar-refractivity contribution in [2.75, 3.05) is 18.6 Å². The molecule has 0 rings (SSSR count). The molecule has 0 aliphatic rings. The lowest BCUT2D eigenvalue weighted by atomic mass is 10.2. The molecule has 0 fully saturated rings. The van der Waals surface area contributed by atoms with Gasteiger partial charge in [0.15, 0.2) is 6.10 Å². The van der Waals surface area contributed by atoms with Gasteiger partial charge < -0.3 is 21.3 Å². The summed E-state index contributed by atoms with van der Waals surface area (Å²) in [7, 11) is 0. The third-order valence-corrected chi connectivity index (χ3v) is 2.62. The topological polar surface area (TPSA) is 113 Å². The maximum atomic E-state index is 11.3. The summed E-state index contributed by atoms with van der Waals surface area (Å²) in [6.07, 6.45) is 1.04. The van der Waals surface area contributed by atoms with Crippen LogP contribution in [0.2, 0.25) is 0 Å². The van der Waals surface area contributed by atoms with Crippen molar-refractivity contribution in [1.29, 1.82) is 0 Å². The van der Waals surface area contributed by atoms with Gasteiger partial charge in [-0.05, 0) is 18.4 Å². The van der Waals surface area contributed by atoms with Crippen LogP contribution in [0.4, 0.5) is 0 Å². The molecular weight excluding hydrogens is 232 g/mol. The van der Waals surface area contributed by atoms with Crippen molar-refractivity contribution in [3.05, 3.63) is 0 Å². The van der Waals surface area contributed by atoms with Crippen LogP contribution in [0.15, 0.2) is 0 Å². The Hall–Kier alpha value is -0.790. The Morgan fingerprint density at radius 1 is 1.44 bits per heavy atom. The Morgan fingerprint density at radius 2 is 2.06 bits per heavy atom. The summed E-state index contributed by atoms with van der Waals surface area (Å²) < 4.78 is 0. The second-order valence-corrected chi connectivity index (χ2v) is 4.31. The fourth-order valence-corrected chi connectivity index (χ4v) is 1.45. The average Bonchev–Trinajstić information content (AvgIpc) is 2.25. The van der Waals surface area contributed by atoms with E-state index in [9.17, 15) is 9.59 Å². The second-order valence-electron chi connectivity index (χ2n) is 3.32. The zero-order chi connectivity index (χ0) is 12.6. The summed E-state index contributed by atoms with van der Waals surface area (Å²) >= 11 is 1.60. The summed E-state index contributed by atoms with van der Waals surface area (Å²) in [6.45, 7) is 0.110.